The summed E-state index contributed by atoms with van der Waals surface area (Å²) < 4.78 is 0. The van der Waals surface area contributed by atoms with Crippen LogP contribution in [-0.2, 0) is 4.79 Å². The molecule has 1 aliphatic rings. The Morgan fingerprint density at radius 3 is 2.09 bits per heavy atom. The maximum atomic E-state index is 12.7. The van der Waals surface area contributed by atoms with Crippen LogP contribution in [0.4, 0.5) is 11.4 Å². The number of nitrogens with two attached hydrogens (primary N) is 1. The van der Waals surface area contributed by atoms with Crippen LogP contribution >= 0.6 is 11.6 Å². The van der Waals surface area contributed by atoms with Crippen LogP contribution in [0.3, 0.4) is 0 Å². The second-order valence-electron chi connectivity index (χ2n) is 8.14. The molecule has 7 heteroatoms. The third-order valence-corrected chi connectivity index (χ3v) is 6.18. The van der Waals surface area contributed by atoms with Crippen LogP contribution in [-0.4, -0.2) is 41.9 Å². The molecule has 1 saturated heterocycles. The lowest BCUT2D eigenvalue weighted by atomic mass is 9.96. The molecular weight excluding hydrogens is 446 g/mol. The van der Waals surface area contributed by atoms with Crippen molar-refractivity contribution in [3.63, 3.8) is 0 Å². The number of rotatable bonds is 6. The van der Waals surface area contributed by atoms with Gasteiger partial charge in [0.15, 0.2) is 0 Å². The van der Waals surface area contributed by atoms with Crippen molar-refractivity contribution in [1.29, 1.82) is 5.26 Å². The summed E-state index contributed by atoms with van der Waals surface area (Å²) in [6.07, 6.45) is 1.64. The number of amides is 1. The number of anilines is 2. The number of piperazine rings is 1. The van der Waals surface area contributed by atoms with Gasteiger partial charge in [-0.15, -0.1) is 0 Å². The molecule has 3 aromatic rings. The van der Waals surface area contributed by atoms with Crippen LogP contribution in [0.25, 0.3) is 0 Å². The molecule has 1 aliphatic heterocycles. The predicted molar refractivity (Wildman–Crippen MR) is 136 cm³/mol. The second-order valence-corrected chi connectivity index (χ2v) is 8.55. The quantitative estimate of drug-likeness (QED) is 0.310. The molecule has 172 valence electrons. The minimum Gasteiger partial charge on any atom is -0.399 e. The number of nitrogens with zero attached hydrogens (tertiary/aromatic N) is 3. The van der Waals surface area contributed by atoms with Crippen molar-refractivity contribution in [2.45, 2.75) is 6.04 Å². The van der Waals surface area contributed by atoms with Gasteiger partial charge in [0, 0.05) is 38.1 Å². The van der Waals surface area contributed by atoms with Crippen molar-refractivity contribution in [3.8, 4) is 6.07 Å². The summed E-state index contributed by atoms with van der Waals surface area (Å²) in [6, 6.07) is 27.9. The van der Waals surface area contributed by atoms with Gasteiger partial charge in [0.1, 0.15) is 11.6 Å². The van der Waals surface area contributed by atoms with Gasteiger partial charge in [-0.25, -0.2) is 0 Å². The molecule has 0 atom stereocenters. The number of hydrogen-bond donors (Lipinski definition) is 2. The van der Waals surface area contributed by atoms with Crippen molar-refractivity contribution < 1.29 is 4.79 Å². The van der Waals surface area contributed by atoms with E-state index in [9.17, 15) is 10.1 Å². The zero-order chi connectivity index (χ0) is 23.9. The van der Waals surface area contributed by atoms with Gasteiger partial charge in [0.05, 0.1) is 16.8 Å². The van der Waals surface area contributed by atoms with Gasteiger partial charge >= 0.3 is 0 Å². The van der Waals surface area contributed by atoms with Crippen LogP contribution < -0.4 is 11.1 Å². The first-order valence-corrected chi connectivity index (χ1v) is 11.5. The number of carbonyl (C=O) groups excluding carboxylic acids is 1. The van der Waals surface area contributed by atoms with E-state index in [4.69, 9.17) is 17.3 Å². The number of carbonyl (C=O) groups is 1. The molecular formula is C27H26ClN5O. The van der Waals surface area contributed by atoms with Gasteiger partial charge in [-0.3, -0.25) is 9.69 Å². The lowest BCUT2D eigenvalue weighted by molar-refractivity contribution is -0.112. The normalized spacial score (nSPS) is 14.6. The average Bonchev–Trinajstić information content (AvgIpc) is 2.86. The van der Waals surface area contributed by atoms with Crippen molar-refractivity contribution in [2.24, 2.45) is 0 Å². The molecule has 4 rings (SSSR count). The van der Waals surface area contributed by atoms with Crippen molar-refractivity contribution >= 4 is 28.9 Å². The predicted octanol–water partition coefficient (Wildman–Crippen LogP) is 4.68. The average molecular weight is 472 g/mol. The summed E-state index contributed by atoms with van der Waals surface area (Å²) in [4.78, 5) is 17.1. The Morgan fingerprint density at radius 1 is 0.971 bits per heavy atom. The number of hydrogen-bond acceptors (Lipinski definition) is 5. The first kappa shape index (κ1) is 23.4. The monoisotopic (exact) mass is 471 g/mol. The summed E-state index contributed by atoms with van der Waals surface area (Å²) >= 11 is 6.15. The Morgan fingerprint density at radius 2 is 1.56 bits per heavy atom. The second kappa shape index (κ2) is 10.9. The fourth-order valence-electron chi connectivity index (χ4n) is 4.15. The first-order chi connectivity index (χ1) is 16.5. The van der Waals surface area contributed by atoms with E-state index >= 15 is 0 Å². The summed E-state index contributed by atoms with van der Waals surface area (Å²) in [5, 5.41) is 12.6. The lowest BCUT2D eigenvalue weighted by Gasteiger charge is -2.39. The Hall–Kier alpha value is -3.79. The largest absolute Gasteiger partial charge is 0.399 e. The van der Waals surface area contributed by atoms with Crippen LogP contribution in [0.5, 0.6) is 0 Å². The highest BCUT2D eigenvalue weighted by Gasteiger charge is 2.26. The van der Waals surface area contributed by atoms with E-state index < -0.39 is 5.91 Å². The molecule has 1 heterocycles. The zero-order valence-electron chi connectivity index (χ0n) is 18.7. The Labute approximate surface area is 204 Å². The van der Waals surface area contributed by atoms with Gasteiger partial charge in [0.25, 0.3) is 5.91 Å². The fourth-order valence-corrected chi connectivity index (χ4v) is 4.39. The van der Waals surface area contributed by atoms with Crippen LogP contribution in [0, 0.1) is 11.3 Å². The maximum Gasteiger partial charge on any atom is 0.267 e. The number of nitrogens with one attached hydrogen (secondary N) is 1. The third-order valence-electron chi connectivity index (χ3n) is 5.86. The van der Waals surface area contributed by atoms with Crippen LogP contribution in [0.15, 0.2) is 90.6 Å². The molecule has 1 amide bonds. The number of benzene rings is 3. The minimum atomic E-state index is -0.497. The molecule has 1 fully saturated rings. The molecule has 0 aliphatic carbocycles. The van der Waals surface area contributed by atoms with Crippen molar-refractivity contribution in [2.75, 3.05) is 37.2 Å². The van der Waals surface area contributed by atoms with E-state index in [0.717, 1.165) is 13.1 Å². The van der Waals surface area contributed by atoms with E-state index in [1.807, 2.05) is 23.1 Å². The van der Waals surface area contributed by atoms with Crippen molar-refractivity contribution in [1.82, 2.24) is 9.80 Å². The molecule has 0 saturated carbocycles. The molecule has 34 heavy (non-hydrogen) atoms. The molecule has 6 nitrogen and oxygen atoms in total. The number of halogens is 1. The molecule has 0 bridgehead atoms. The molecule has 0 radical (unpaired) electrons. The summed E-state index contributed by atoms with van der Waals surface area (Å²) in [6.45, 7) is 3.01. The first-order valence-electron chi connectivity index (χ1n) is 11.1. The molecule has 0 spiro atoms. The highest BCUT2D eigenvalue weighted by Crippen LogP contribution is 2.29. The van der Waals surface area contributed by atoms with E-state index in [1.54, 1.807) is 24.4 Å². The highest BCUT2D eigenvalue weighted by molar-refractivity contribution is 6.34. The SMILES string of the molecule is N#C/C(=C/N1CCN(C(c2ccccc2)c2ccccc2)CC1)C(=O)Nc1ccc(N)cc1Cl. The summed E-state index contributed by atoms with van der Waals surface area (Å²) in [5.41, 5.74) is 9.14. The van der Waals surface area contributed by atoms with E-state index in [-0.39, 0.29) is 11.6 Å². The third kappa shape index (κ3) is 5.57. The van der Waals surface area contributed by atoms with Gasteiger partial charge in [0.2, 0.25) is 0 Å². The Kier molecular flexibility index (Phi) is 7.48. The Bertz CT molecular complexity index is 1160. The van der Waals surface area contributed by atoms with E-state index in [2.05, 4.69) is 58.7 Å². The molecule has 0 aromatic heterocycles. The van der Waals surface area contributed by atoms with Crippen molar-refractivity contribution in [3.05, 3.63) is 107 Å². The standard InChI is InChI=1S/C27H26ClN5O/c28-24-17-23(30)11-12-25(24)31-27(34)22(18-29)19-32-13-15-33(16-14-32)26(20-7-3-1-4-8-20)21-9-5-2-6-10-21/h1-12,17,19,26H,13-16,30H2,(H,31,34)/b22-19-. The molecule has 3 N–H and O–H groups in total. The van der Waals surface area contributed by atoms with Gasteiger partial charge in [-0.1, -0.05) is 72.3 Å². The van der Waals surface area contributed by atoms with Gasteiger partial charge in [-0.05, 0) is 29.3 Å². The lowest BCUT2D eigenvalue weighted by Crippen LogP contribution is -2.46. The maximum absolute atomic E-state index is 12.7. The summed E-state index contributed by atoms with van der Waals surface area (Å²) in [5.74, 6) is -0.497. The van der Waals surface area contributed by atoms with Gasteiger partial charge < -0.3 is 16.0 Å². The summed E-state index contributed by atoms with van der Waals surface area (Å²) in [7, 11) is 0. The molecule has 3 aromatic carbocycles. The number of nitriles is 1. The van der Waals surface area contributed by atoms with Crippen LogP contribution in [0.2, 0.25) is 5.02 Å². The van der Waals surface area contributed by atoms with Crippen LogP contribution in [0.1, 0.15) is 17.2 Å². The molecule has 0 unspecified atom stereocenters. The topological polar surface area (TPSA) is 85.4 Å². The Balaban J connectivity index is 1.45. The minimum absolute atomic E-state index is 0.0315. The zero-order valence-corrected chi connectivity index (χ0v) is 19.4. The van der Waals surface area contributed by atoms with E-state index in [1.165, 1.54) is 11.1 Å². The van der Waals surface area contributed by atoms with E-state index in [0.29, 0.717) is 29.5 Å². The smallest absolute Gasteiger partial charge is 0.267 e. The highest BCUT2D eigenvalue weighted by atomic mass is 35.5. The fraction of sp³-hybridized carbons (Fsp3) is 0.185. The van der Waals surface area contributed by atoms with Gasteiger partial charge in [-0.2, -0.15) is 5.26 Å². The number of nitrogen functional groups attached to an aromatic ring is 1.